The quantitative estimate of drug-likeness (QED) is 0.496. The Hall–Kier alpha value is -2.14. The number of halogens is 1. The minimum absolute atomic E-state index is 0.0344. The number of amides is 1. The fourth-order valence-corrected chi connectivity index (χ4v) is 3.76. The minimum Gasteiger partial charge on any atom is -0.326 e. The van der Waals surface area contributed by atoms with Gasteiger partial charge in [-0.05, 0) is 56.2 Å². The van der Waals surface area contributed by atoms with Gasteiger partial charge in [0.2, 0.25) is 5.91 Å². The standard InChI is InChI=1S/C23H31ClN4O/c1-5-7-17(14-22(29)25-20-9-6-8-19(24)16(20)4)23-27-26-21(13-10-15(2)3)28(23)18-11-12-18/h5-6,8-9,15,17-18H,1,7,10-14H2,2-4H3,(H,25,29). The predicted molar refractivity (Wildman–Crippen MR) is 118 cm³/mol. The molecule has 1 N–H and O–H groups in total. The van der Waals surface area contributed by atoms with Crippen molar-refractivity contribution in [1.82, 2.24) is 14.8 Å². The lowest BCUT2D eigenvalue weighted by Crippen LogP contribution is -2.19. The fraction of sp³-hybridized carbons (Fsp3) is 0.522. The van der Waals surface area contributed by atoms with Crippen LogP contribution in [0.2, 0.25) is 5.02 Å². The summed E-state index contributed by atoms with van der Waals surface area (Å²) in [5.74, 6) is 2.52. The van der Waals surface area contributed by atoms with E-state index in [1.165, 1.54) is 0 Å². The van der Waals surface area contributed by atoms with Gasteiger partial charge in [0.15, 0.2) is 0 Å². The Kier molecular flexibility index (Phi) is 7.12. The molecule has 6 heteroatoms. The second kappa shape index (κ2) is 9.57. The predicted octanol–water partition coefficient (Wildman–Crippen LogP) is 5.85. The van der Waals surface area contributed by atoms with Crippen LogP contribution in [0.5, 0.6) is 0 Å². The summed E-state index contributed by atoms with van der Waals surface area (Å²) in [7, 11) is 0. The first-order valence-corrected chi connectivity index (χ1v) is 10.9. The zero-order chi connectivity index (χ0) is 21.0. The smallest absolute Gasteiger partial charge is 0.225 e. The zero-order valence-electron chi connectivity index (χ0n) is 17.6. The van der Waals surface area contributed by atoms with E-state index in [2.05, 4.69) is 40.5 Å². The number of benzene rings is 1. The van der Waals surface area contributed by atoms with Crippen LogP contribution in [0.4, 0.5) is 5.69 Å². The van der Waals surface area contributed by atoms with E-state index in [0.717, 1.165) is 48.6 Å². The normalized spacial score (nSPS) is 14.8. The van der Waals surface area contributed by atoms with Crippen LogP contribution in [0.1, 0.15) is 75.1 Å². The second-order valence-corrected chi connectivity index (χ2v) is 8.80. The number of carbonyl (C=O) groups excluding carboxylic acids is 1. The maximum absolute atomic E-state index is 12.8. The number of rotatable bonds is 10. The molecule has 0 radical (unpaired) electrons. The molecule has 0 aliphatic heterocycles. The van der Waals surface area contributed by atoms with Crippen molar-refractivity contribution < 1.29 is 4.79 Å². The molecule has 0 spiro atoms. The fourth-order valence-electron chi connectivity index (χ4n) is 3.58. The molecule has 1 fully saturated rings. The highest BCUT2D eigenvalue weighted by atomic mass is 35.5. The van der Waals surface area contributed by atoms with Crippen molar-refractivity contribution in [2.45, 2.75) is 71.3 Å². The van der Waals surface area contributed by atoms with Crippen LogP contribution >= 0.6 is 11.6 Å². The first-order chi connectivity index (χ1) is 13.9. The minimum atomic E-state index is -0.0451. The summed E-state index contributed by atoms with van der Waals surface area (Å²) in [6.07, 6.45) is 7.23. The highest BCUT2D eigenvalue weighted by Crippen LogP contribution is 2.39. The molecule has 1 heterocycles. The summed E-state index contributed by atoms with van der Waals surface area (Å²) in [6, 6.07) is 6.02. The van der Waals surface area contributed by atoms with Crippen LogP contribution in [0, 0.1) is 12.8 Å². The number of aryl methyl sites for hydroxylation is 1. The van der Waals surface area contributed by atoms with Gasteiger partial charge in [-0.1, -0.05) is 37.6 Å². The van der Waals surface area contributed by atoms with Crippen LogP contribution in [0.15, 0.2) is 30.9 Å². The summed E-state index contributed by atoms with van der Waals surface area (Å²) in [4.78, 5) is 12.8. The maximum Gasteiger partial charge on any atom is 0.225 e. The molecule has 1 saturated carbocycles. The average molecular weight is 415 g/mol. The lowest BCUT2D eigenvalue weighted by molar-refractivity contribution is -0.116. The molecular formula is C23H31ClN4O. The summed E-state index contributed by atoms with van der Waals surface area (Å²) in [6.45, 7) is 10.2. The molecule has 0 bridgehead atoms. The van der Waals surface area contributed by atoms with Crippen molar-refractivity contribution in [3.8, 4) is 0 Å². The topological polar surface area (TPSA) is 59.8 Å². The van der Waals surface area contributed by atoms with Crippen molar-refractivity contribution in [2.75, 3.05) is 5.32 Å². The highest BCUT2D eigenvalue weighted by Gasteiger charge is 2.32. The third-order valence-corrected chi connectivity index (χ3v) is 5.85. The number of aromatic nitrogens is 3. The number of allylic oxidation sites excluding steroid dienone is 1. The number of hydrogen-bond donors (Lipinski definition) is 1. The van der Waals surface area contributed by atoms with Gasteiger partial charge < -0.3 is 9.88 Å². The van der Waals surface area contributed by atoms with E-state index >= 15 is 0 Å². The van der Waals surface area contributed by atoms with Gasteiger partial charge in [-0.3, -0.25) is 4.79 Å². The Morgan fingerprint density at radius 3 is 2.79 bits per heavy atom. The molecule has 1 unspecified atom stereocenters. The van der Waals surface area contributed by atoms with Crippen molar-refractivity contribution >= 4 is 23.2 Å². The van der Waals surface area contributed by atoms with Crippen molar-refractivity contribution in [3.05, 3.63) is 53.1 Å². The van der Waals surface area contributed by atoms with E-state index in [0.29, 0.717) is 29.8 Å². The van der Waals surface area contributed by atoms with Gasteiger partial charge in [0, 0.05) is 35.5 Å². The second-order valence-electron chi connectivity index (χ2n) is 8.39. The van der Waals surface area contributed by atoms with Crippen molar-refractivity contribution in [3.63, 3.8) is 0 Å². The van der Waals surface area contributed by atoms with E-state index < -0.39 is 0 Å². The molecule has 1 amide bonds. The van der Waals surface area contributed by atoms with Crippen molar-refractivity contribution in [1.29, 1.82) is 0 Å². The van der Waals surface area contributed by atoms with Crippen molar-refractivity contribution in [2.24, 2.45) is 5.92 Å². The lowest BCUT2D eigenvalue weighted by atomic mass is 9.99. The van der Waals surface area contributed by atoms with E-state index in [1.54, 1.807) is 0 Å². The molecule has 156 valence electrons. The third-order valence-electron chi connectivity index (χ3n) is 5.44. The van der Waals surface area contributed by atoms with Crippen LogP contribution in [-0.4, -0.2) is 20.7 Å². The molecule has 2 aromatic rings. The number of nitrogens with zero attached hydrogens (tertiary/aromatic N) is 3. The van der Waals surface area contributed by atoms with Gasteiger partial charge in [0.05, 0.1) is 0 Å². The molecule has 1 aliphatic carbocycles. The molecular weight excluding hydrogens is 384 g/mol. The molecule has 3 rings (SSSR count). The van der Waals surface area contributed by atoms with Gasteiger partial charge in [-0.2, -0.15) is 0 Å². The summed E-state index contributed by atoms with van der Waals surface area (Å²) in [5, 5.41) is 12.7. The first kappa shape index (κ1) is 21.6. The maximum atomic E-state index is 12.8. The van der Waals surface area contributed by atoms with E-state index in [4.69, 9.17) is 11.6 Å². The molecule has 1 aliphatic rings. The Balaban J connectivity index is 1.78. The van der Waals surface area contributed by atoms with Crippen LogP contribution in [0.3, 0.4) is 0 Å². The third kappa shape index (κ3) is 5.47. The largest absolute Gasteiger partial charge is 0.326 e. The zero-order valence-corrected chi connectivity index (χ0v) is 18.4. The summed E-state index contributed by atoms with van der Waals surface area (Å²) < 4.78 is 2.30. The van der Waals surface area contributed by atoms with E-state index in [-0.39, 0.29) is 11.8 Å². The van der Waals surface area contributed by atoms with Crippen LogP contribution in [-0.2, 0) is 11.2 Å². The number of anilines is 1. The van der Waals surface area contributed by atoms with Gasteiger partial charge in [-0.25, -0.2) is 0 Å². The van der Waals surface area contributed by atoms with Gasteiger partial charge in [0.25, 0.3) is 0 Å². The Labute approximate surface area is 178 Å². The van der Waals surface area contributed by atoms with Crippen LogP contribution < -0.4 is 5.32 Å². The Morgan fingerprint density at radius 1 is 1.38 bits per heavy atom. The molecule has 0 saturated heterocycles. The van der Waals surface area contributed by atoms with Gasteiger partial charge >= 0.3 is 0 Å². The number of carbonyl (C=O) groups is 1. The summed E-state index contributed by atoms with van der Waals surface area (Å²) in [5.41, 5.74) is 1.63. The Bertz CT molecular complexity index is 870. The molecule has 29 heavy (non-hydrogen) atoms. The number of hydrogen-bond acceptors (Lipinski definition) is 3. The molecule has 1 aromatic carbocycles. The van der Waals surface area contributed by atoms with E-state index in [1.807, 2.05) is 31.2 Å². The molecule has 1 aromatic heterocycles. The number of nitrogens with one attached hydrogen (secondary N) is 1. The SMILES string of the molecule is C=CCC(CC(=O)Nc1cccc(Cl)c1C)c1nnc(CCC(C)C)n1C1CC1. The molecule has 1 atom stereocenters. The first-order valence-electron chi connectivity index (χ1n) is 10.5. The monoisotopic (exact) mass is 414 g/mol. The highest BCUT2D eigenvalue weighted by molar-refractivity contribution is 6.31. The van der Waals surface area contributed by atoms with E-state index in [9.17, 15) is 4.79 Å². The Morgan fingerprint density at radius 2 is 2.14 bits per heavy atom. The van der Waals surface area contributed by atoms with Gasteiger partial charge in [0.1, 0.15) is 11.6 Å². The average Bonchev–Trinajstić information content (AvgIpc) is 3.42. The summed E-state index contributed by atoms with van der Waals surface area (Å²) >= 11 is 6.18. The van der Waals surface area contributed by atoms with Crippen LogP contribution in [0.25, 0.3) is 0 Å². The molecule has 5 nitrogen and oxygen atoms in total. The lowest BCUT2D eigenvalue weighted by Gasteiger charge is -2.18. The van der Waals surface area contributed by atoms with Gasteiger partial charge in [-0.15, -0.1) is 16.8 Å².